The molecule has 3 aromatic heterocycles. The van der Waals surface area contributed by atoms with E-state index >= 15 is 0 Å². The third-order valence-electron chi connectivity index (χ3n) is 4.32. The van der Waals surface area contributed by atoms with Gasteiger partial charge in [0.05, 0.1) is 18.0 Å². The van der Waals surface area contributed by atoms with Crippen molar-refractivity contribution in [3.63, 3.8) is 0 Å². The van der Waals surface area contributed by atoms with Crippen LogP contribution >= 0.6 is 22.7 Å². The Balaban J connectivity index is 1.93. The van der Waals surface area contributed by atoms with Gasteiger partial charge in [0.1, 0.15) is 10.7 Å². The fraction of sp³-hybridized carbons (Fsp3) is 0.389. The summed E-state index contributed by atoms with van der Waals surface area (Å²) in [4.78, 5) is 36.1. The highest BCUT2D eigenvalue weighted by atomic mass is 32.1. The predicted molar refractivity (Wildman–Crippen MR) is 108 cm³/mol. The highest BCUT2D eigenvalue weighted by molar-refractivity contribution is 7.18. The average molecular weight is 391 g/mol. The second-order valence-electron chi connectivity index (χ2n) is 5.95. The van der Waals surface area contributed by atoms with E-state index in [9.17, 15) is 9.59 Å². The van der Waals surface area contributed by atoms with Crippen molar-refractivity contribution in [2.75, 3.05) is 19.6 Å². The Kier molecular flexibility index (Phi) is 5.85. The van der Waals surface area contributed by atoms with Crippen LogP contribution in [0.25, 0.3) is 20.7 Å². The minimum atomic E-state index is -0.160. The number of nitrogens with zero attached hydrogens (tertiary/aromatic N) is 2. The summed E-state index contributed by atoms with van der Waals surface area (Å²) in [5, 5.41) is 7.43. The van der Waals surface area contributed by atoms with Crippen molar-refractivity contribution in [3.8, 4) is 10.4 Å². The van der Waals surface area contributed by atoms with Gasteiger partial charge in [0.2, 0.25) is 5.91 Å². The number of nitrogens with one attached hydrogen (secondary N) is 2. The molecule has 0 fully saturated rings. The maximum absolute atomic E-state index is 12.7. The molecule has 0 saturated heterocycles. The lowest BCUT2D eigenvalue weighted by Gasteiger charge is -2.26. The van der Waals surface area contributed by atoms with Gasteiger partial charge in [-0.1, -0.05) is 13.0 Å². The summed E-state index contributed by atoms with van der Waals surface area (Å²) >= 11 is 3.09. The molecule has 26 heavy (non-hydrogen) atoms. The molecule has 0 aliphatic carbocycles. The Hall–Kier alpha value is -2.03. The lowest BCUT2D eigenvalue weighted by atomic mass is 10.2. The monoisotopic (exact) mass is 390 g/mol. The molecule has 0 spiro atoms. The third kappa shape index (κ3) is 3.72. The van der Waals surface area contributed by atoms with E-state index in [0.29, 0.717) is 24.3 Å². The van der Waals surface area contributed by atoms with Crippen molar-refractivity contribution >= 4 is 38.8 Å². The fourth-order valence-corrected chi connectivity index (χ4v) is 4.68. The van der Waals surface area contributed by atoms with E-state index in [1.54, 1.807) is 11.3 Å². The van der Waals surface area contributed by atoms with E-state index in [2.05, 4.69) is 15.3 Å². The quantitative estimate of drug-likeness (QED) is 0.649. The molecule has 0 aromatic carbocycles. The van der Waals surface area contributed by atoms with Crippen molar-refractivity contribution in [1.82, 2.24) is 20.2 Å². The summed E-state index contributed by atoms with van der Waals surface area (Å²) in [5.41, 5.74) is 0.804. The number of hydrogen-bond donors (Lipinski definition) is 2. The Morgan fingerprint density at radius 1 is 1.38 bits per heavy atom. The molecule has 138 valence electrons. The number of rotatable bonds is 7. The van der Waals surface area contributed by atoms with E-state index in [1.165, 1.54) is 11.3 Å². The molecule has 3 aromatic rings. The first kappa shape index (κ1) is 18.8. The van der Waals surface area contributed by atoms with Crippen LogP contribution in [0.1, 0.15) is 32.6 Å². The van der Waals surface area contributed by atoms with Gasteiger partial charge in [-0.05, 0) is 31.8 Å². The van der Waals surface area contributed by atoms with Crippen LogP contribution in [0, 0.1) is 0 Å². The minimum Gasteiger partial charge on any atom is -0.355 e. The predicted octanol–water partition coefficient (Wildman–Crippen LogP) is 3.23. The number of carbonyl (C=O) groups excluding carboxylic acids is 1. The molecule has 1 amide bonds. The molecule has 0 unspecified atom stereocenters. The van der Waals surface area contributed by atoms with Crippen LogP contribution in [0.3, 0.4) is 0 Å². The second kappa shape index (κ2) is 8.11. The van der Waals surface area contributed by atoms with Crippen molar-refractivity contribution in [2.45, 2.75) is 26.8 Å². The molecule has 1 atom stereocenters. The van der Waals surface area contributed by atoms with Crippen LogP contribution < -0.4 is 10.9 Å². The van der Waals surface area contributed by atoms with Gasteiger partial charge in [-0.3, -0.25) is 14.5 Å². The topological polar surface area (TPSA) is 78.1 Å². The Morgan fingerprint density at radius 3 is 2.85 bits per heavy atom. The summed E-state index contributed by atoms with van der Waals surface area (Å²) in [6.07, 6.45) is 0. The van der Waals surface area contributed by atoms with Crippen molar-refractivity contribution in [2.24, 2.45) is 0 Å². The van der Waals surface area contributed by atoms with Gasteiger partial charge < -0.3 is 10.3 Å². The van der Waals surface area contributed by atoms with Gasteiger partial charge >= 0.3 is 0 Å². The van der Waals surface area contributed by atoms with Crippen molar-refractivity contribution in [1.29, 1.82) is 0 Å². The van der Waals surface area contributed by atoms with Crippen molar-refractivity contribution in [3.05, 3.63) is 39.1 Å². The number of amides is 1. The third-order valence-corrected chi connectivity index (χ3v) is 6.09. The normalized spacial score (nSPS) is 12.6. The summed E-state index contributed by atoms with van der Waals surface area (Å²) in [6.45, 7) is 7.41. The highest BCUT2D eigenvalue weighted by Gasteiger charge is 2.21. The zero-order valence-electron chi connectivity index (χ0n) is 15.0. The molecule has 0 radical (unpaired) electrons. The highest BCUT2D eigenvalue weighted by Crippen LogP contribution is 2.33. The Bertz CT molecular complexity index is 946. The molecule has 0 saturated carbocycles. The number of fused-ring (bicyclic) bond motifs is 1. The summed E-state index contributed by atoms with van der Waals surface area (Å²) < 4.78 is 0. The van der Waals surface area contributed by atoms with Crippen LogP contribution in [-0.2, 0) is 4.79 Å². The van der Waals surface area contributed by atoms with E-state index in [4.69, 9.17) is 0 Å². The minimum absolute atomic E-state index is 0.0271. The van der Waals surface area contributed by atoms with Gasteiger partial charge in [0.25, 0.3) is 5.56 Å². The lowest BCUT2D eigenvalue weighted by molar-refractivity contribution is -0.122. The largest absolute Gasteiger partial charge is 0.355 e. The van der Waals surface area contributed by atoms with Crippen LogP contribution in [0.2, 0.25) is 0 Å². The zero-order chi connectivity index (χ0) is 18.7. The van der Waals surface area contributed by atoms with Crippen LogP contribution in [0.4, 0.5) is 0 Å². The first-order valence-corrected chi connectivity index (χ1v) is 10.4. The van der Waals surface area contributed by atoms with E-state index in [0.717, 1.165) is 15.3 Å². The maximum Gasteiger partial charge on any atom is 0.260 e. The second-order valence-corrected chi connectivity index (χ2v) is 7.76. The molecular formula is C18H22N4O2S2. The number of likely N-dealkylation sites (N-methyl/N-ethyl adjacent to an activating group) is 2. The molecular weight excluding hydrogens is 368 g/mol. The van der Waals surface area contributed by atoms with Gasteiger partial charge in [-0.15, -0.1) is 22.7 Å². The molecule has 8 heteroatoms. The van der Waals surface area contributed by atoms with Crippen molar-refractivity contribution < 1.29 is 4.79 Å². The molecule has 0 aliphatic heterocycles. The van der Waals surface area contributed by atoms with Crippen LogP contribution in [0.15, 0.2) is 27.7 Å². The number of thiophene rings is 2. The molecule has 0 aliphatic rings. The van der Waals surface area contributed by atoms with Crippen LogP contribution in [-0.4, -0.2) is 40.4 Å². The standard InChI is InChI=1S/C18H22N4O2S2/c1-4-19-14(23)9-22(5-2)11(3)16-20-17(24)15-12(10-26-18(15)21-16)13-7-6-8-25-13/h6-8,10-11H,4-5,9H2,1-3H3,(H,19,23)(H,20,21,24)/t11-/m1/s1. The SMILES string of the molecule is CCNC(=O)CN(CC)[C@H](C)c1nc2scc(-c3cccs3)c2c(=O)[nH]1. The number of carbonyl (C=O) groups is 1. The number of H-pyrrole nitrogens is 1. The van der Waals surface area contributed by atoms with Gasteiger partial charge in [0, 0.05) is 22.4 Å². The first-order valence-electron chi connectivity index (χ1n) is 8.61. The number of hydrogen-bond acceptors (Lipinski definition) is 6. The summed E-state index contributed by atoms with van der Waals surface area (Å²) in [7, 11) is 0. The van der Waals surface area contributed by atoms with Crippen LogP contribution in [0.5, 0.6) is 0 Å². The van der Waals surface area contributed by atoms with Gasteiger partial charge in [-0.2, -0.15) is 0 Å². The van der Waals surface area contributed by atoms with E-state index < -0.39 is 0 Å². The number of aromatic nitrogens is 2. The first-order chi connectivity index (χ1) is 12.5. The Morgan fingerprint density at radius 2 is 2.19 bits per heavy atom. The Labute approximate surface area is 159 Å². The fourth-order valence-electron chi connectivity index (χ4n) is 2.91. The van der Waals surface area contributed by atoms with E-state index in [-0.39, 0.29) is 24.1 Å². The molecule has 3 heterocycles. The average Bonchev–Trinajstić information content (AvgIpc) is 3.28. The smallest absolute Gasteiger partial charge is 0.260 e. The maximum atomic E-state index is 12.7. The lowest BCUT2D eigenvalue weighted by Crippen LogP contribution is -2.39. The van der Waals surface area contributed by atoms with Gasteiger partial charge in [-0.25, -0.2) is 4.98 Å². The molecule has 0 bridgehead atoms. The summed E-state index contributed by atoms with van der Waals surface area (Å²) in [5.74, 6) is 0.564. The molecule has 6 nitrogen and oxygen atoms in total. The molecule has 3 rings (SSSR count). The van der Waals surface area contributed by atoms with Gasteiger partial charge in [0.15, 0.2) is 0 Å². The van der Waals surface area contributed by atoms with E-state index in [1.807, 2.05) is 48.6 Å². The number of aromatic amines is 1. The zero-order valence-corrected chi connectivity index (χ0v) is 16.7. The summed E-state index contributed by atoms with van der Waals surface area (Å²) in [6, 6.07) is 3.82. The molecule has 2 N–H and O–H groups in total.